The van der Waals surface area contributed by atoms with Crippen molar-refractivity contribution in [3.05, 3.63) is 174 Å². The Morgan fingerprint density at radius 1 is 0.430 bits per heavy atom. The second-order valence-corrected chi connectivity index (χ2v) is 28.6. The highest BCUT2D eigenvalue weighted by atomic mass is 35.5. The number of aromatic carboxylic acids is 1. The molecule has 9 aromatic carbocycles. The molecule has 13 rings (SSSR count). The molecular formula is C75H73ClN2O8. The molecule has 4 aliphatic heterocycles. The number of carbonyl (C=O) groups excluding carboxylic acids is 4. The third-order valence-electron chi connectivity index (χ3n) is 21.4. The van der Waals surface area contributed by atoms with E-state index in [9.17, 15) is 9.90 Å². The van der Waals surface area contributed by atoms with Gasteiger partial charge in [0.2, 0.25) is 0 Å². The van der Waals surface area contributed by atoms with Crippen LogP contribution in [0.4, 0.5) is 11.4 Å². The highest BCUT2D eigenvalue weighted by molar-refractivity contribution is 6.45. The number of ether oxygens (including phenoxy) is 2. The quantitative estimate of drug-likeness (QED) is 0.0770. The normalized spacial score (nSPS) is 16.2. The Morgan fingerprint density at radius 3 is 1.05 bits per heavy atom. The van der Waals surface area contributed by atoms with E-state index >= 15 is 19.2 Å². The fourth-order valence-electron chi connectivity index (χ4n) is 13.8. The fourth-order valence-corrected chi connectivity index (χ4v) is 14.1. The van der Waals surface area contributed by atoms with Gasteiger partial charge in [-0.15, -0.1) is 0 Å². The SMILES string of the molecule is CCC(C)(C)c1cc(Cl)c2c(c1)C(C)(C)c1cc(C(C)(C)CC)cc(N3C(=O)c4ccc5c6ccc7c8c(ccc(c9ccc(c4c59)C3=O)c86)C(=O)N(c3cc(C(C)(C)CC)cc4c3Oc3c(C(=O)O)cc(C(C)(C)CC)cc3C4(C)C)C7=O)c1O2. The zero-order valence-corrected chi connectivity index (χ0v) is 52.9. The van der Waals surface area contributed by atoms with Crippen LogP contribution in [0, 0.1) is 0 Å². The molecule has 11 heteroatoms. The lowest BCUT2D eigenvalue weighted by Crippen LogP contribution is -2.41. The molecule has 4 aliphatic rings. The van der Waals surface area contributed by atoms with E-state index in [0.717, 1.165) is 91.6 Å². The first-order valence-electron chi connectivity index (χ1n) is 30.3. The standard InChI is InChI=1S/C75H73ClN2O8/c1-17-70(5,6)37-29-49(69(83)84)61-50(30-37)74(13,14)52-32-39(72(9,10)19-3)35-55(63(52)85-61)77-65(79)45-25-21-41-43-23-27-47-60-48(28-24-44(58(43)60)42-22-26-46(66(77)80)59(45)57(41)42)68(82)78(67(47)81)56-36-40(73(11,12)20-4)33-53-64(56)86-62-51(75(53,15)16)31-38(34-54(62)76)71(7,8)18-2/h21-36H,17-20H2,1-16H3,(H,83,84). The third-order valence-corrected chi connectivity index (χ3v) is 21.7. The van der Waals surface area contributed by atoms with E-state index in [-0.39, 0.29) is 39.0 Å². The lowest BCUT2D eigenvalue weighted by molar-refractivity contribution is 0.0691. The Hall–Kier alpha value is -8.08. The summed E-state index contributed by atoms with van der Waals surface area (Å²) >= 11 is 7.21. The summed E-state index contributed by atoms with van der Waals surface area (Å²) in [6, 6.07) is 30.8. The number of carboxylic acids is 1. The summed E-state index contributed by atoms with van der Waals surface area (Å²) in [7, 11) is 0. The number of hydrogen-bond donors (Lipinski definition) is 1. The molecule has 1 N–H and O–H groups in total. The first kappa shape index (κ1) is 57.0. The van der Waals surface area contributed by atoms with Crippen LogP contribution >= 0.6 is 11.6 Å². The molecule has 0 fully saturated rings. The smallest absolute Gasteiger partial charge is 0.339 e. The van der Waals surface area contributed by atoms with Crippen LogP contribution in [0.2, 0.25) is 5.02 Å². The number of carboxylic acid groups (broad SMARTS) is 1. The van der Waals surface area contributed by atoms with Crippen molar-refractivity contribution in [2.45, 2.75) is 169 Å². The van der Waals surface area contributed by atoms with Gasteiger partial charge in [0.05, 0.1) is 16.4 Å². The third kappa shape index (κ3) is 7.66. The molecule has 0 aromatic heterocycles. The molecule has 0 bridgehead atoms. The average molecular weight is 1170 g/mol. The number of nitrogens with zero attached hydrogens (tertiary/aromatic N) is 2. The van der Waals surface area contributed by atoms with E-state index in [1.165, 1.54) is 9.80 Å². The summed E-state index contributed by atoms with van der Waals surface area (Å²) in [5.74, 6) is -1.86. The second kappa shape index (κ2) is 18.5. The highest BCUT2D eigenvalue weighted by Crippen LogP contribution is 2.59. The van der Waals surface area contributed by atoms with Crippen molar-refractivity contribution in [3.8, 4) is 23.0 Å². The summed E-state index contributed by atoms with van der Waals surface area (Å²) in [4.78, 5) is 78.2. The van der Waals surface area contributed by atoms with Gasteiger partial charge in [0.15, 0.2) is 11.5 Å². The molecule has 9 aromatic rings. The van der Waals surface area contributed by atoms with Crippen LogP contribution in [0.1, 0.15) is 233 Å². The van der Waals surface area contributed by atoms with Gasteiger partial charge in [-0.1, -0.05) is 171 Å². The van der Waals surface area contributed by atoms with Crippen molar-refractivity contribution in [2.75, 3.05) is 9.80 Å². The van der Waals surface area contributed by atoms with E-state index in [2.05, 4.69) is 121 Å². The molecule has 0 spiro atoms. The topological polar surface area (TPSA) is 131 Å². The number of hydrogen-bond acceptors (Lipinski definition) is 7. The van der Waals surface area contributed by atoms with E-state index in [1.54, 1.807) is 30.3 Å². The zero-order chi connectivity index (χ0) is 61.8. The summed E-state index contributed by atoms with van der Waals surface area (Å²) in [6.45, 7) is 34.1. The summed E-state index contributed by atoms with van der Waals surface area (Å²) in [5.41, 5.74) is 6.33. The van der Waals surface area contributed by atoms with Gasteiger partial charge in [0.1, 0.15) is 17.1 Å². The lowest BCUT2D eigenvalue weighted by Gasteiger charge is -2.40. The first-order valence-corrected chi connectivity index (χ1v) is 30.7. The van der Waals surface area contributed by atoms with E-state index in [0.29, 0.717) is 66.2 Å². The van der Waals surface area contributed by atoms with Crippen molar-refractivity contribution < 1.29 is 38.6 Å². The molecule has 86 heavy (non-hydrogen) atoms. The van der Waals surface area contributed by atoms with Gasteiger partial charge in [0.25, 0.3) is 23.6 Å². The molecular weight excluding hydrogens is 1090 g/mol. The van der Waals surface area contributed by atoms with Gasteiger partial charge in [-0.3, -0.25) is 19.2 Å². The highest BCUT2D eigenvalue weighted by Gasteiger charge is 2.47. The van der Waals surface area contributed by atoms with Crippen molar-refractivity contribution in [3.63, 3.8) is 0 Å². The maximum Gasteiger partial charge on any atom is 0.339 e. The zero-order valence-electron chi connectivity index (χ0n) is 52.1. The second-order valence-electron chi connectivity index (χ2n) is 28.2. The Morgan fingerprint density at radius 2 is 0.721 bits per heavy atom. The molecule has 0 saturated heterocycles. The summed E-state index contributed by atoms with van der Waals surface area (Å²) in [5, 5.41) is 16.8. The molecule has 0 aliphatic carbocycles. The van der Waals surface area contributed by atoms with E-state index in [4.69, 9.17) is 21.1 Å². The minimum Gasteiger partial charge on any atom is -0.478 e. The Kier molecular flexibility index (Phi) is 12.2. The molecule has 0 saturated carbocycles. The van der Waals surface area contributed by atoms with Crippen LogP contribution in [0.25, 0.3) is 43.1 Å². The Balaban J connectivity index is 0.956. The number of amides is 4. The monoisotopic (exact) mass is 1160 g/mol. The maximum atomic E-state index is 15.6. The van der Waals surface area contributed by atoms with Crippen LogP contribution in [-0.4, -0.2) is 34.7 Å². The van der Waals surface area contributed by atoms with Crippen LogP contribution in [0.15, 0.2) is 97.1 Å². The number of halogens is 1. The van der Waals surface area contributed by atoms with Gasteiger partial charge < -0.3 is 14.6 Å². The van der Waals surface area contributed by atoms with Gasteiger partial charge in [-0.05, 0) is 150 Å². The van der Waals surface area contributed by atoms with Crippen molar-refractivity contribution in [1.29, 1.82) is 0 Å². The largest absolute Gasteiger partial charge is 0.478 e. The van der Waals surface area contributed by atoms with E-state index in [1.807, 2.05) is 56.3 Å². The lowest BCUT2D eigenvalue weighted by atomic mass is 9.70. The van der Waals surface area contributed by atoms with Crippen molar-refractivity contribution in [2.24, 2.45) is 0 Å². The van der Waals surface area contributed by atoms with Crippen molar-refractivity contribution in [1.82, 2.24) is 0 Å². The number of rotatable bonds is 11. The number of anilines is 2. The van der Waals surface area contributed by atoms with Crippen LogP contribution in [-0.2, 0) is 32.5 Å². The predicted molar refractivity (Wildman–Crippen MR) is 345 cm³/mol. The van der Waals surface area contributed by atoms with Crippen LogP contribution < -0.4 is 19.3 Å². The Labute approximate surface area is 507 Å². The molecule has 4 amide bonds. The number of imide groups is 2. The van der Waals surface area contributed by atoms with Gasteiger partial charge in [0, 0.05) is 66.1 Å². The van der Waals surface area contributed by atoms with Crippen LogP contribution in [0.5, 0.6) is 23.0 Å². The summed E-state index contributed by atoms with van der Waals surface area (Å²) in [6.07, 6.45) is 3.23. The molecule has 4 heterocycles. The Bertz CT molecular complexity index is 4490. The fraction of sp³-hybridized carbons (Fsp3) is 0.347. The van der Waals surface area contributed by atoms with E-state index < -0.39 is 45.8 Å². The molecule has 0 unspecified atom stereocenters. The van der Waals surface area contributed by atoms with Gasteiger partial charge >= 0.3 is 5.97 Å². The minimum atomic E-state index is -1.14. The number of benzene rings is 9. The summed E-state index contributed by atoms with van der Waals surface area (Å²) < 4.78 is 13.8. The number of fused-ring (bicyclic) bond motifs is 6. The molecule has 438 valence electrons. The molecule has 0 radical (unpaired) electrons. The minimum absolute atomic E-state index is 0.00931. The average Bonchev–Trinajstić information content (AvgIpc) is 0.707. The molecule has 10 nitrogen and oxygen atoms in total. The maximum absolute atomic E-state index is 15.6. The first-order chi connectivity index (χ1) is 40.4. The van der Waals surface area contributed by atoms with Gasteiger partial charge in [-0.25, -0.2) is 14.6 Å². The number of carbonyl (C=O) groups is 5. The van der Waals surface area contributed by atoms with Crippen LogP contribution in [0.3, 0.4) is 0 Å². The predicted octanol–water partition coefficient (Wildman–Crippen LogP) is 19.3. The molecule has 0 atom stereocenters. The van der Waals surface area contributed by atoms with Gasteiger partial charge in [-0.2, -0.15) is 0 Å². The van der Waals surface area contributed by atoms with Crippen molar-refractivity contribution >= 4 is 95.7 Å².